The van der Waals surface area contributed by atoms with Crippen LogP contribution in [0, 0.1) is 0 Å². The Balaban J connectivity index is 2.64. The van der Waals surface area contributed by atoms with Crippen molar-refractivity contribution in [1.82, 2.24) is 9.97 Å². The van der Waals surface area contributed by atoms with Crippen LogP contribution < -0.4 is 4.90 Å². The fraction of sp³-hybridized carbons (Fsp3) is 0.556. The highest BCUT2D eigenvalue weighted by Crippen LogP contribution is 2.10. The molecule has 0 bridgehead atoms. The van der Waals surface area contributed by atoms with E-state index in [1.54, 1.807) is 20.0 Å². The molecule has 1 heterocycles. The largest absolute Gasteiger partial charge is 0.389 e. The minimum absolute atomic E-state index is 0.546. The molecule has 1 N–H and O–H groups in total. The lowest BCUT2D eigenvalue weighted by atomic mass is 10.1. The summed E-state index contributed by atoms with van der Waals surface area (Å²) >= 11 is 0. The molecule has 0 aliphatic carbocycles. The molecule has 0 spiro atoms. The van der Waals surface area contributed by atoms with E-state index in [0.29, 0.717) is 6.54 Å². The highest BCUT2D eigenvalue weighted by atomic mass is 16.3. The van der Waals surface area contributed by atoms with E-state index in [9.17, 15) is 5.11 Å². The first-order chi connectivity index (χ1) is 5.99. The van der Waals surface area contributed by atoms with Crippen LogP contribution in [0.15, 0.2) is 18.6 Å². The summed E-state index contributed by atoms with van der Waals surface area (Å²) in [7, 11) is 1.89. The second-order valence-electron chi connectivity index (χ2n) is 3.74. The summed E-state index contributed by atoms with van der Waals surface area (Å²) in [6, 6.07) is 1.81. The standard InChI is InChI=1S/C9H15N3O/c1-9(2,13)6-12(3)8-4-5-10-7-11-8/h4-5,7,13H,6H2,1-3H3. The predicted molar refractivity (Wildman–Crippen MR) is 51.6 cm³/mol. The number of likely N-dealkylation sites (N-methyl/N-ethyl adjacent to an activating group) is 1. The zero-order chi connectivity index (χ0) is 9.90. The van der Waals surface area contributed by atoms with Crippen molar-refractivity contribution in [1.29, 1.82) is 0 Å². The number of hydrogen-bond donors (Lipinski definition) is 1. The SMILES string of the molecule is CN(CC(C)(C)O)c1ccncn1. The molecule has 0 aliphatic rings. The molecule has 72 valence electrons. The van der Waals surface area contributed by atoms with Crippen molar-refractivity contribution in [3.63, 3.8) is 0 Å². The molecule has 13 heavy (non-hydrogen) atoms. The minimum atomic E-state index is -0.709. The number of rotatable bonds is 3. The predicted octanol–water partition coefficient (Wildman–Crippen LogP) is 0.684. The van der Waals surface area contributed by atoms with E-state index in [-0.39, 0.29) is 0 Å². The summed E-state index contributed by atoms with van der Waals surface area (Å²) in [5.41, 5.74) is -0.709. The Kier molecular flexibility index (Phi) is 2.83. The maximum absolute atomic E-state index is 9.56. The van der Waals surface area contributed by atoms with E-state index in [0.717, 1.165) is 5.82 Å². The van der Waals surface area contributed by atoms with Gasteiger partial charge in [0.25, 0.3) is 0 Å². The quantitative estimate of drug-likeness (QED) is 0.745. The number of aromatic nitrogens is 2. The summed E-state index contributed by atoms with van der Waals surface area (Å²) in [6.07, 6.45) is 3.18. The maximum Gasteiger partial charge on any atom is 0.131 e. The lowest BCUT2D eigenvalue weighted by Crippen LogP contribution is -2.36. The highest BCUT2D eigenvalue weighted by molar-refractivity contribution is 5.35. The molecule has 0 atom stereocenters. The third-order valence-electron chi connectivity index (χ3n) is 1.58. The lowest BCUT2D eigenvalue weighted by Gasteiger charge is -2.25. The molecule has 0 aromatic carbocycles. The first-order valence-electron chi connectivity index (χ1n) is 4.18. The van der Waals surface area contributed by atoms with E-state index >= 15 is 0 Å². The fourth-order valence-electron chi connectivity index (χ4n) is 1.17. The third-order valence-corrected chi connectivity index (χ3v) is 1.58. The van der Waals surface area contributed by atoms with E-state index < -0.39 is 5.60 Å². The maximum atomic E-state index is 9.56. The molecule has 0 saturated heterocycles. The summed E-state index contributed by atoms with van der Waals surface area (Å²) in [5.74, 6) is 0.817. The summed E-state index contributed by atoms with van der Waals surface area (Å²) in [4.78, 5) is 9.78. The van der Waals surface area contributed by atoms with Crippen LogP contribution in [-0.2, 0) is 0 Å². The lowest BCUT2D eigenvalue weighted by molar-refractivity contribution is 0.0884. The Morgan fingerprint density at radius 3 is 2.69 bits per heavy atom. The van der Waals surface area contributed by atoms with E-state index in [4.69, 9.17) is 0 Å². The van der Waals surface area contributed by atoms with Gasteiger partial charge >= 0.3 is 0 Å². The number of anilines is 1. The molecule has 0 fully saturated rings. The molecule has 0 amide bonds. The van der Waals surface area contributed by atoms with E-state index in [1.807, 2.05) is 18.0 Å². The third kappa shape index (κ3) is 3.38. The summed E-state index contributed by atoms with van der Waals surface area (Å²) < 4.78 is 0. The Hall–Kier alpha value is -1.16. The topological polar surface area (TPSA) is 49.2 Å². The van der Waals surface area contributed by atoms with Gasteiger partial charge in [-0.3, -0.25) is 0 Å². The second kappa shape index (κ2) is 3.70. The van der Waals surface area contributed by atoms with Crippen LogP contribution in [-0.4, -0.2) is 34.3 Å². The van der Waals surface area contributed by atoms with Gasteiger partial charge in [0.2, 0.25) is 0 Å². The molecule has 4 nitrogen and oxygen atoms in total. The smallest absolute Gasteiger partial charge is 0.131 e. The first kappa shape index (κ1) is 9.92. The monoisotopic (exact) mass is 181 g/mol. The molecule has 1 rings (SSSR count). The molecule has 0 radical (unpaired) electrons. The van der Waals surface area contributed by atoms with Gasteiger partial charge in [-0.15, -0.1) is 0 Å². The molecule has 1 aromatic rings. The van der Waals surface area contributed by atoms with Gasteiger partial charge in [-0.25, -0.2) is 9.97 Å². The van der Waals surface area contributed by atoms with Gasteiger partial charge in [0.15, 0.2) is 0 Å². The number of nitrogens with zero attached hydrogens (tertiary/aromatic N) is 3. The summed E-state index contributed by atoms with van der Waals surface area (Å²) in [6.45, 7) is 4.08. The molecular weight excluding hydrogens is 166 g/mol. The molecular formula is C9H15N3O. The van der Waals surface area contributed by atoms with Gasteiger partial charge < -0.3 is 10.0 Å². The normalized spacial score (nSPS) is 11.4. The van der Waals surface area contributed by atoms with E-state index in [1.165, 1.54) is 6.33 Å². The van der Waals surface area contributed by atoms with Gasteiger partial charge in [-0.2, -0.15) is 0 Å². The zero-order valence-corrected chi connectivity index (χ0v) is 8.23. The van der Waals surface area contributed by atoms with Crippen LogP contribution in [0.1, 0.15) is 13.8 Å². The van der Waals surface area contributed by atoms with Crippen molar-refractivity contribution < 1.29 is 5.11 Å². The minimum Gasteiger partial charge on any atom is -0.389 e. The van der Waals surface area contributed by atoms with Crippen LogP contribution in [0.25, 0.3) is 0 Å². The van der Waals surface area contributed by atoms with E-state index in [2.05, 4.69) is 9.97 Å². The van der Waals surface area contributed by atoms with Gasteiger partial charge in [0.1, 0.15) is 12.1 Å². The number of hydrogen-bond acceptors (Lipinski definition) is 4. The Morgan fingerprint density at radius 2 is 2.23 bits per heavy atom. The van der Waals surface area contributed by atoms with Crippen molar-refractivity contribution >= 4 is 5.82 Å². The Morgan fingerprint density at radius 1 is 1.54 bits per heavy atom. The molecule has 1 aromatic heterocycles. The van der Waals surface area contributed by atoms with Gasteiger partial charge in [-0.05, 0) is 19.9 Å². The molecule has 0 saturated carbocycles. The van der Waals surface area contributed by atoms with Crippen LogP contribution in [0.4, 0.5) is 5.82 Å². The summed E-state index contributed by atoms with van der Waals surface area (Å²) in [5, 5.41) is 9.56. The highest BCUT2D eigenvalue weighted by Gasteiger charge is 2.16. The second-order valence-corrected chi connectivity index (χ2v) is 3.74. The number of aliphatic hydroxyl groups is 1. The van der Waals surface area contributed by atoms with Crippen molar-refractivity contribution in [2.75, 3.05) is 18.5 Å². The van der Waals surface area contributed by atoms with Crippen LogP contribution in [0.2, 0.25) is 0 Å². The Bertz CT molecular complexity index is 255. The van der Waals surface area contributed by atoms with Crippen LogP contribution in [0.3, 0.4) is 0 Å². The van der Waals surface area contributed by atoms with Crippen molar-refractivity contribution in [2.24, 2.45) is 0 Å². The molecule has 0 unspecified atom stereocenters. The zero-order valence-electron chi connectivity index (χ0n) is 8.23. The average molecular weight is 181 g/mol. The first-order valence-corrected chi connectivity index (χ1v) is 4.18. The van der Waals surface area contributed by atoms with Crippen molar-refractivity contribution in [3.8, 4) is 0 Å². The fourth-order valence-corrected chi connectivity index (χ4v) is 1.17. The van der Waals surface area contributed by atoms with Crippen molar-refractivity contribution in [3.05, 3.63) is 18.6 Å². The van der Waals surface area contributed by atoms with Crippen molar-refractivity contribution in [2.45, 2.75) is 19.4 Å². The van der Waals surface area contributed by atoms with Crippen LogP contribution in [0.5, 0.6) is 0 Å². The van der Waals surface area contributed by atoms with Gasteiger partial charge in [0, 0.05) is 19.8 Å². The molecule has 4 heteroatoms. The average Bonchev–Trinajstić information content (AvgIpc) is 2.03. The molecule has 0 aliphatic heterocycles. The Labute approximate surface area is 78.2 Å². The van der Waals surface area contributed by atoms with Gasteiger partial charge in [-0.1, -0.05) is 0 Å². The van der Waals surface area contributed by atoms with Gasteiger partial charge in [0.05, 0.1) is 5.60 Å². The van der Waals surface area contributed by atoms with Crippen LogP contribution >= 0.6 is 0 Å².